The monoisotopic (exact) mass is 798 g/mol. The second kappa shape index (κ2) is 18.7. The van der Waals surface area contributed by atoms with Crippen molar-refractivity contribution in [3.05, 3.63) is 227 Å². The van der Waals surface area contributed by atoms with Gasteiger partial charge in [-0.2, -0.15) is 0 Å². The second-order valence-corrected chi connectivity index (χ2v) is 17.2. The van der Waals surface area contributed by atoms with Gasteiger partial charge in [0.25, 0.3) is 0 Å². The summed E-state index contributed by atoms with van der Waals surface area (Å²) >= 11 is 0. The number of benzene rings is 4. The molecule has 308 valence electrons. The van der Waals surface area contributed by atoms with Crippen molar-refractivity contribution in [2.45, 2.75) is 97.8 Å². The van der Waals surface area contributed by atoms with Gasteiger partial charge < -0.3 is 9.80 Å². The minimum Gasteiger partial charge on any atom is -0.319 e. The fourth-order valence-electron chi connectivity index (χ4n) is 9.95. The van der Waals surface area contributed by atoms with Crippen LogP contribution in [0.25, 0.3) is 16.7 Å². The molecule has 0 bridgehead atoms. The molecule has 0 N–H and O–H groups in total. The Labute approximate surface area is 366 Å². The van der Waals surface area contributed by atoms with Gasteiger partial charge in [-0.05, 0) is 176 Å². The maximum atomic E-state index is 4.78. The lowest BCUT2D eigenvalue weighted by Crippen LogP contribution is -2.22. The molecule has 0 aliphatic heterocycles. The summed E-state index contributed by atoms with van der Waals surface area (Å²) in [6.07, 6.45) is 32.0. The molecule has 4 aromatic carbocycles. The van der Waals surface area contributed by atoms with Crippen LogP contribution in [0.2, 0.25) is 0 Å². The molecule has 0 saturated heterocycles. The van der Waals surface area contributed by atoms with Gasteiger partial charge in [0.05, 0.1) is 0 Å². The van der Waals surface area contributed by atoms with Crippen molar-refractivity contribution in [1.82, 2.24) is 0 Å². The highest BCUT2D eigenvalue weighted by Crippen LogP contribution is 2.50. The van der Waals surface area contributed by atoms with Gasteiger partial charge in [0, 0.05) is 39.6 Å². The Morgan fingerprint density at radius 3 is 2.16 bits per heavy atom. The van der Waals surface area contributed by atoms with Gasteiger partial charge in [-0.15, -0.1) is 0 Å². The summed E-state index contributed by atoms with van der Waals surface area (Å²) < 4.78 is 0. The van der Waals surface area contributed by atoms with Crippen LogP contribution in [0, 0.1) is 0 Å². The molecule has 0 radical (unpaired) electrons. The van der Waals surface area contributed by atoms with Gasteiger partial charge in [-0.3, -0.25) is 0 Å². The minimum absolute atomic E-state index is 0.0762. The summed E-state index contributed by atoms with van der Waals surface area (Å²) in [5.41, 5.74) is 21.0. The normalized spacial score (nSPS) is 17.3. The molecule has 4 aliphatic rings. The highest BCUT2D eigenvalue weighted by Gasteiger charge is 2.36. The predicted octanol–water partition coefficient (Wildman–Crippen LogP) is 16.7. The first-order valence-corrected chi connectivity index (χ1v) is 22.6. The van der Waals surface area contributed by atoms with E-state index in [1.54, 1.807) is 0 Å². The van der Waals surface area contributed by atoms with Gasteiger partial charge in [-0.25, -0.2) is 0 Å². The van der Waals surface area contributed by atoms with Crippen LogP contribution in [-0.2, 0) is 5.41 Å². The minimum atomic E-state index is -0.0762. The lowest BCUT2D eigenvalue weighted by atomic mass is 9.80. The molecule has 0 aromatic heterocycles. The Morgan fingerprint density at radius 2 is 1.49 bits per heavy atom. The topological polar surface area (TPSA) is 6.48 Å². The van der Waals surface area contributed by atoms with Crippen LogP contribution in [0.1, 0.15) is 115 Å². The number of anilines is 3. The van der Waals surface area contributed by atoms with E-state index in [1.807, 2.05) is 0 Å². The van der Waals surface area contributed by atoms with Gasteiger partial charge in [0.2, 0.25) is 0 Å². The third-order valence-corrected chi connectivity index (χ3v) is 13.1. The Balaban J connectivity index is 1.13. The third kappa shape index (κ3) is 8.60. The molecule has 0 saturated carbocycles. The van der Waals surface area contributed by atoms with Gasteiger partial charge in [0.1, 0.15) is 0 Å². The Hall–Kier alpha value is -6.12. The average molecular weight is 799 g/mol. The number of hydrogen-bond donors (Lipinski definition) is 0. The summed E-state index contributed by atoms with van der Waals surface area (Å²) in [6.45, 7) is 16.2. The summed E-state index contributed by atoms with van der Waals surface area (Å²) in [7, 11) is 0. The lowest BCUT2D eigenvalue weighted by Gasteiger charge is -2.33. The number of allylic oxidation sites excluding steroid dienone is 19. The molecular formula is C59H62N2. The fraction of sp³-hybridized carbons (Fsp3) is 0.254. The number of nitrogens with zero attached hydrogens (tertiary/aromatic N) is 2. The summed E-state index contributed by atoms with van der Waals surface area (Å²) in [5.74, 6) is 0. The molecule has 4 aromatic rings. The third-order valence-electron chi connectivity index (χ3n) is 13.1. The van der Waals surface area contributed by atoms with Crippen molar-refractivity contribution in [1.29, 1.82) is 0 Å². The standard InChI is InChI=1S/C59H62N2/c1-7-22-57-53(9-3)55-40-38-52(42-58(55)59(57,5)6)61(49-29-20-13-21-30-49)51-37-39-54(56(41-51)47-25-16-11-17-26-47)44(8-2)32-31-43(4)60(48-27-18-12-19-28-48)50-35-33-46(34-36-50)45-23-14-10-15-24-45/h7-8,11-14,16-18,20-27,29-30,33-36,38,40-42H,4,9-10,15,19,28,31-32,37,39H2,1-3,5-6H3/b22-7-,44-8+. The van der Waals surface area contributed by atoms with E-state index >= 15 is 0 Å². The molecule has 0 spiro atoms. The van der Waals surface area contributed by atoms with Crippen LogP contribution in [-0.4, -0.2) is 0 Å². The molecular weight excluding hydrogens is 737 g/mol. The lowest BCUT2D eigenvalue weighted by molar-refractivity contribution is 0.653. The van der Waals surface area contributed by atoms with Gasteiger partial charge in [0.15, 0.2) is 0 Å². The van der Waals surface area contributed by atoms with E-state index in [-0.39, 0.29) is 5.41 Å². The molecule has 2 heteroatoms. The van der Waals surface area contributed by atoms with Crippen molar-refractivity contribution in [3.63, 3.8) is 0 Å². The Morgan fingerprint density at radius 1 is 0.738 bits per heavy atom. The summed E-state index contributed by atoms with van der Waals surface area (Å²) in [6, 6.07) is 38.3. The predicted molar refractivity (Wildman–Crippen MR) is 265 cm³/mol. The zero-order valence-corrected chi connectivity index (χ0v) is 37.1. The molecule has 0 atom stereocenters. The maximum absolute atomic E-state index is 4.78. The molecule has 4 aliphatic carbocycles. The van der Waals surface area contributed by atoms with Crippen molar-refractivity contribution in [3.8, 4) is 0 Å². The van der Waals surface area contributed by atoms with E-state index < -0.39 is 0 Å². The van der Waals surface area contributed by atoms with Crippen LogP contribution in [0.4, 0.5) is 17.1 Å². The van der Waals surface area contributed by atoms with Crippen LogP contribution in [0.3, 0.4) is 0 Å². The van der Waals surface area contributed by atoms with Gasteiger partial charge in [-0.1, -0.05) is 143 Å². The van der Waals surface area contributed by atoms with Crippen LogP contribution >= 0.6 is 0 Å². The van der Waals surface area contributed by atoms with Crippen LogP contribution in [0.15, 0.2) is 204 Å². The maximum Gasteiger partial charge on any atom is 0.0461 e. The van der Waals surface area contributed by atoms with E-state index in [0.29, 0.717) is 0 Å². The largest absolute Gasteiger partial charge is 0.319 e. The molecule has 0 amide bonds. The molecule has 0 unspecified atom stereocenters. The van der Waals surface area contributed by atoms with Crippen molar-refractivity contribution in [2.75, 3.05) is 9.80 Å². The first-order valence-electron chi connectivity index (χ1n) is 22.6. The zero-order chi connectivity index (χ0) is 42.3. The first kappa shape index (κ1) is 41.6. The van der Waals surface area contributed by atoms with E-state index in [9.17, 15) is 0 Å². The zero-order valence-electron chi connectivity index (χ0n) is 37.1. The molecule has 8 rings (SSSR count). The average Bonchev–Trinajstić information content (AvgIpc) is 3.52. The number of para-hydroxylation sites is 1. The van der Waals surface area contributed by atoms with E-state index in [1.165, 1.54) is 84.1 Å². The number of hydrogen-bond acceptors (Lipinski definition) is 2. The highest BCUT2D eigenvalue weighted by atomic mass is 15.2. The fourth-order valence-corrected chi connectivity index (χ4v) is 9.95. The first-order chi connectivity index (χ1) is 29.8. The summed E-state index contributed by atoms with van der Waals surface area (Å²) in [5, 5.41) is 0. The molecule has 0 fully saturated rings. The van der Waals surface area contributed by atoms with Crippen LogP contribution < -0.4 is 9.80 Å². The SMILES string of the molecule is C=C(CC/C(=C\C)C1=C(c2ccccc2)C=C(N(c2ccccc2)c2ccc3c(c2)C(C)(C)C(/C=C\C)=C3CC)CC1)N(C1=CC=CCC1)c1ccc(C2=CCCC=C2)cc1. The van der Waals surface area contributed by atoms with Crippen molar-refractivity contribution in [2.24, 2.45) is 0 Å². The quantitative estimate of drug-likeness (QED) is 0.125. The van der Waals surface area contributed by atoms with Crippen molar-refractivity contribution >= 4 is 33.8 Å². The van der Waals surface area contributed by atoms with Crippen molar-refractivity contribution < 1.29 is 0 Å². The molecule has 61 heavy (non-hydrogen) atoms. The Bertz CT molecular complexity index is 2540. The van der Waals surface area contributed by atoms with E-state index in [2.05, 4.69) is 208 Å². The molecule has 0 heterocycles. The second-order valence-electron chi connectivity index (χ2n) is 17.2. The Kier molecular flexibility index (Phi) is 12.7. The van der Waals surface area contributed by atoms with Gasteiger partial charge >= 0.3 is 0 Å². The highest BCUT2D eigenvalue weighted by molar-refractivity contribution is 5.87. The van der Waals surface area contributed by atoms with E-state index in [0.717, 1.165) is 63.5 Å². The van der Waals surface area contributed by atoms with Crippen LogP contribution in [0.5, 0.6) is 0 Å². The molecule has 2 nitrogen and oxygen atoms in total. The summed E-state index contributed by atoms with van der Waals surface area (Å²) in [4.78, 5) is 4.94. The number of rotatable bonds is 14. The number of fused-ring (bicyclic) bond motifs is 1. The smallest absolute Gasteiger partial charge is 0.0461 e. The van der Waals surface area contributed by atoms with E-state index in [4.69, 9.17) is 6.58 Å².